The molecular weight excluding hydrogens is 353 g/mol. The number of aromatic nitrogens is 1. The number of sulfonamides is 1. The van der Waals surface area contributed by atoms with Crippen LogP contribution in [-0.4, -0.2) is 13.6 Å². The minimum atomic E-state index is -4.15. The number of nitrogens with one attached hydrogen (secondary N) is 1. The third-order valence-electron chi connectivity index (χ3n) is 2.72. The molecule has 0 amide bonds. The van der Waals surface area contributed by atoms with E-state index in [2.05, 4.69) is 25.8 Å². The van der Waals surface area contributed by atoms with Crippen molar-refractivity contribution in [1.82, 2.24) is 5.16 Å². The fourth-order valence-corrected chi connectivity index (χ4v) is 2.90. The van der Waals surface area contributed by atoms with Crippen LogP contribution in [0.25, 0.3) is 0 Å². The molecule has 0 atom stereocenters. The van der Waals surface area contributed by atoms with Crippen LogP contribution in [0.5, 0.6) is 0 Å². The van der Waals surface area contributed by atoms with Crippen molar-refractivity contribution < 1.29 is 17.3 Å². The summed E-state index contributed by atoms with van der Waals surface area (Å²) in [5, 5.41) is 3.62. The number of hydrogen-bond acceptors (Lipinski definition) is 5. The summed E-state index contributed by atoms with van der Waals surface area (Å²) >= 11 is 3.02. The summed E-state index contributed by atoms with van der Waals surface area (Å²) in [5.41, 5.74) is 6.75. The predicted molar refractivity (Wildman–Crippen MR) is 75.3 cm³/mol. The van der Waals surface area contributed by atoms with Crippen LogP contribution < -0.4 is 10.5 Å². The molecule has 6 nitrogen and oxygen atoms in total. The van der Waals surface area contributed by atoms with E-state index in [1.54, 1.807) is 13.8 Å². The molecule has 20 heavy (non-hydrogen) atoms. The summed E-state index contributed by atoms with van der Waals surface area (Å²) in [6, 6.07) is 2.02. The van der Waals surface area contributed by atoms with E-state index in [0.717, 1.165) is 12.1 Å². The molecule has 1 aromatic carbocycles. The molecule has 1 heterocycles. The first-order valence-corrected chi connectivity index (χ1v) is 7.70. The lowest BCUT2D eigenvalue weighted by Gasteiger charge is -2.08. The third-order valence-corrected chi connectivity index (χ3v) is 4.76. The van der Waals surface area contributed by atoms with Gasteiger partial charge in [-0.05, 0) is 41.9 Å². The van der Waals surface area contributed by atoms with Crippen molar-refractivity contribution in [2.24, 2.45) is 0 Å². The number of rotatable bonds is 3. The van der Waals surface area contributed by atoms with Crippen molar-refractivity contribution >= 4 is 37.5 Å². The first-order chi connectivity index (χ1) is 9.22. The molecule has 2 rings (SSSR count). The molecule has 0 spiro atoms. The SMILES string of the molecule is Cc1noc(NS(=O)(=O)c2cc(N)c(Br)cc2F)c1C. The van der Waals surface area contributed by atoms with Crippen molar-refractivity contribution in [2.75, 3.05) is 10.5 Å². The van der Waals surface area contributed by atoms with Gasteiger partial charge in [-0.1, -0.05) is 5.16 Å². The monoisotopic (exact) mass is 363 g/mol. The van der Waals surface area contributed by atoms with Gasteiger partial charge < -0.3 is 10.3 Å². The van der Waals surface area contributed by atoms with Gasteiger partial charge in [-0.25, -0.2) is 17.5 Å². The summed E-state index contributed by atoms with van der Waals surface area (Å²) in [5.74, 6) is -0.976. The number of anilines is 2. The van der Waals surface area contributed by atoms with Crippen LogP contribution in [0.3, 0.4) is 0 Å². The number of hydrogen-bond donors (Lipinski definition) is 2. The van der Waals surface area contributed by atoms with E-state index in [0.29, 0.717) is 11.3 Å². The lowest BCUT2D eigenvalue weighted by atomic mass is 10.3. The maximum Gasteiger partial charge on any atom is 0.267 e. The van der Waals surface area contributed by atoms with Gasteiger partial charge >= 0.3 is 0 Å². The normalized spacial score (nSPS) is 11.6. The van der Waals surface area contributed by atoms with Crippen LogP contribution in [-0.2, 0) is 10.0 Å². The zero-order valence-electron chi connectivity index (χ0n) is 10.6. The quantitative estimate of drug-likeness (QED) is 0.816. The molecular formula is C11H11BrFN3O3S. The molecule has 108 valence electrons. The second-order valence-corrected chi connectivity index (χ2v) is 6.64. The average Bonchev–Trinajstić information content (AvgIpc) is 2.65. The summed E-state index contributed by atoms with van der Waals surface area (Å²) < 4.78 is 45.3. The molecule has 3 N–H and O–H groups in total. The molecule has 9 heteroatoms. The van der Waals surface area contributed by atoms with Crippen LogP contribution in [0.1, 0.15) is 11.3 Å². The van der Waals surface area contributed by atoms with Crippen LogP contribution in [0.4, 0.5) is 16.0 Å². The summed E-state index contributed by atoms with van der Waals surface area (Å²) in [7, 11) is -4.15. The maximum atomic E-state index is 13.8. The minimum absolute atomic E-state index is 0.0524. The van der Waals surface area contributed by atoms with Gasteiger partial charge in [0.15, 0.2) is 0 Å². The molecule has 0 bridgehead atoms. The van der Waals surface area contributed by atoms with Crippen LogP contribution in [0.2, 0.25) is 0 Å². The third kappa shape index (κ3) is 2.63. The van der Waals surface area contributed by atoms with Crippen LogP contribution in [0.15, 0.2) is 26.0 Å². The van der Waals surface area contributed by atoms with Crippen molar-refractivity contribution in [1.29, 1.82) is 0 Å². The summed E-state index contributed by atoms with van der Waals surface area (Å²) in [6.07, 6.45) is 0. The summed E-state index contributed by atoms with van der Waals surface area (Å²) in [6.45, 7) is 3.30. The van der Waals surface area contributed by atoms with Crippen LogP contribution >= 0.6 is 15.9 Å². The minimum Gasteiger partial charge on any atom is -0.398 e. The number of nitrogens with two attached hydrogens (primary N) is 1. The molecule has 0 radical (unpaired) electrons. The van der Waals surface area contributed by atoms with Gasteiger partial charge in [-0.2, -0.15) is 0 Å². The first kappa shape index (κ1) is 14.8. The molecule has 2 aromatic rings. The van der Waals surface area contributed by atoms with Crippen molar-refractivity contribution in [2.45, 2.75) is 18.7 Å². The number of nitrogens with zero attached hydrogens (tertiary/aromatic N) is 1. The van der Waals surface area contributed by atoms with E-state index in [4.69, 9.17) is 10.3 Å². The Labute approximate surface area is 123 Å². The molecule has 0 aliphatic rings. The molecule has 0 aliphatic heterocycles. The van der Waals surface area contributed by atoms with E-state index < -0.39 is 20.7 Å². The van der Waals surface area contributed by atoms with Crippen LogP contribution in [0, 0.1) is 19.7 Å². The number of benzene rings is 1. The topological polar surface area (TPSA) is 98.2 Å². The molecule has 0 aliphatic carbocycles. The highest BCUT2D eigenvalue weighted by atomic mass is 79.9. The Hall–Kier alpha value is -1.61. The maximum absolute atomic E-state index is 13.8. The lowest BCUT2D eigenvalue weighted by molar-refractivity contribution is 0.430. The zero-order valence-corrected chi connectivity index (χ0v) is 13.0. The van der Waals surface area contributed by atoms with E-state index in [9.17, 15) is 12.8 Å². The zero-order chi connectivity index (χ0) is 15.1. The Bertz CT molecular complexity index is 773. The standard InChI is InChI=1S/C11H11BrFN3O3S/c1-5-6(2)15-19-11(5)16-20(17,18)10-4-9(14)7(12)3-8(10)13/h3-4,16H,14H2,1-2H3. The highest BCUT2D eigenvalue weighted by Crippen LogP contribution is 2.28. The number of nitrogen functional groups attached to an aromatic ring is 1. The molecule has 0 unspecified atom stereocenters. The number of halogens is 2. The van der Waals surface area contributed by atoms with Gasteiger partial charge in [0.2, 0.25) is 5.88 Å². The predicted octanol–water partition coefficient (Wildman–Crippen LogP) is 2.58. The highest BCUT2D eigenvalue weighted by Gasteiger charge is 2.23. The highest BCUT2D eigenvalue weighted by molar-refractivity contribution is 9.10. The first-order valence-electron chi connectivity index (χ1n) is 5.42. The van der Waals surface area contributed by atoms with Crippen molar-refractivity contribution in [3.8, 4) is 0 Å². The Morgan fingerprint density at radius 2 is 2.05 bits per heavy atom. The Balaban J connectivity index is 2.46. The lowest BCUT2D eigenvalue weighted by Crippen LogP contribution is -2.15. The van der Waals surface area contributed by atoms with Gasteiger partial charge in [0, 0.05) is 15.7 Å². The van der Waals surface area contributed by atoms with Gasteiger partial charge in [-0.3, -0.25) is 0 Å². The number of aryl methyl sites for hydroxylation is 1. The second kappa shape index (κ2) is 5.06. The Morgan fingerprint density at radius 1 is 1.40 bits per heavy atom. The van der Waals surface area contributed by atoms with Crippen molar-refractivity contribution in [3.63, 3.8) is 0 Å². The smallest absolute Gasteiger partial charge is 0.267 e. The fourth-order valence-electron chi connectivity index (χ4n) is 1.44. The van der Waals surface area contributed by atoms with Gasteiger partial charge in [0.1, 0.15) is 10.7 Å². The molecule has 0 saturated carbocycles. The molecule has 0 saturated heterocycles. The Kier molecular flexibility index (Phi) is 3.74. The summed E-state index contributed by atoms with van der Waals surface area (Å²) in [4.78, 5) is -0.563. The van der Waals surface area contributed by atoms with E-state index in [-0.39, 0.29) is 16.0 Å². The van der Waals surface area contributed by atoms with Gasteiger partial charge in [0.05, 0.1) is 5.69 Å². The van der Waals surface area contributed by atoms with E-state index in [1.165, 1.54) is 0 Å². The fraction of sp³-hybridized carbons (Fsp3) is 0.182. The molecule has 0 fully saturated rings. The van der Waals surface area contributed by atoms with Crippen molar-refractivity contribution in [3.05, 3.63) is 33.7 Å². The average molecular weight is 364 g/mol. The van der Waals surface area contributed by atoms with Gasteiger partial charge in [0.25, 0.3) is 10.0 Å². The Morgan fingerprint density at radius 3 is 2.60 bits per heavy atom. The largest absolute Gasteiger partial charge is 0.398 e. The van der Waals surface area contributed by atoms with E-state index >= 15 is 0 Å². The van der Waals surface area contributed by atoms with Gasteiger partial charge in [-0.15, -0.1) is 0 Å². The molecule has 1 aromatic heterocycles. The van der Waals surface area contributed by atoms with E-state index in [1.807, 2.05) is 0 Å². The second-order valence-electron chi connectivity index (χ2n) is 4.13.